The number of ketones is 1. The maximum atomic E-state index is 11.3. The molecule has 0 rings (SSSR count). The highest BCUT2D eigenvalue weighted by molar-refractivity contribution is 7.96. The molecule has 0 saturated carbocycles. The van der Waals surface area contributed by atoms with Crippen molar-refractivity contribution in [3.05, 3.63) is 0 Å². The second-order valence-electron chi connectivity index (χ2n) is 4.30. The van der Waals surface area contributed by atoms with Crippen molar-refractivity contribution in [3.63, 3.8) is 0 Å². The van der Waals surface area contributed by atoms with Gasteiger partial charge in [0.05, 0.1) is 26.1 Å². The fourth-order valence-corrected chi connectivity index (χ4v) is 2.88. The van der Waals surface area contributed by atoms with Crippen molar-refractivity contribution in [1.82, 2.24) is 0 Å². The first kappa shape index (κ1) is 20.5. The topological polar surface area (TPSA) is 35.5 Å². The molecule has 0 spiro atoms. The molecule has 5 heteroatoms. The van der Waals surface area contributed by atoms with Crippen LogP contribution in [0.15, 0.2) is 0 Å². The molecule has 0 N–H and O–H groups in total. The molecule has 0 heterocycles. The van der Waals surface area contributed by atoms with Crippen LogP contribution in [0.1, 0.15) is 26.7 Å². The summed E-state index contributed by atoms with van der Waals surface area (Å²) < 4.78 is 10.3. The number of ether oxygens (including phenoxy) is 2. The fourth-order valence-electron chi connectivity index (χ4n) is 1.59. The zero-order valence-corrected chi connectivity index (χ0v) is 13.6. The summed E-state index contributed by atoms with van der Waals surface area (Å²) in [6.07, 6.45) is 4.26. The molecule has 0 radical (unpaired) electrons. The Kier molecular flexibility index (Phi) is 15.6. The summed E-state index contributed by atoms with van der Waals surface area (Å²) in [6.45, 7) is 5.95. The third-order valence-electron chi connectivity index (χ3n) is 2.89. The Morgan fingerprint density at radius 3 is 2.39 bits per heavy atom. The van der Waals surface area contributed by atoms with E-state index in [4.69, 9.17) is 9.47 Å². The van der Waals surface area contributed by atoms with Gasteiger partial charge in [0.25, 0.3) is 0 Å². The molecule has 0 aliphatic carbocycles. The van der Waals surface area contributed by atoms with E-state index in [9.17, 15) is 4.79 Å². The maximum absolute atomic E-state index is 11.3. The van der Waals surface area contributed by atoms with Crippen molar-refractivity contribution in [3.8, 4) is 0 Å². The van der Waals surface area contributed by atoms with E-state index < -0.39 is 0 Å². The summed E-state index contributed by atoms with van der Waals surface area (Å²) in [7, 11) is 2.05. The van der Waals surface area contributed by atoms with Gasteiger partial charge < -0.3 is 21.9 Å². The third kappa shape index (κ3) is 11.3. The molecule has 0 aromatic rings. The molecule has 2 atom stereocenters. The molecule has 3 nitrogen and oxygen atoms in total. The molecule has 0 bridgehead atoms. The molecule has 0 aromatic heterocycles. The zero-order valence-electron chi connectivity index (χ0n) is 12.0. The molecule has 0 saturated heterocycles. The van der Waals surface area contributed by atoms with E-state index >= 15 is 0 Å². The Bertz CT molecular complexity index is 203. The van der Waals surface area contributed by atoms with Crippen molar-refractivity contribution in [2.45, 2.75) is 26.7 Å². The molecule has 0 amide bonds. The lowest BCUT2D eigenvalue weighted by Gasteiger charge is -2.10. The number of hydrogen-bond acceptors (Lipinski definition) is 3. The lowest BCUT2D eigenvalue weighted by Crippen LogP contribution is -3.00. The van der Waals surface area contributed by atoms with Crippen LogP contribution in [0.5, 0.6) is 0 Å². The minimum atomic E-state index is 0. The van der Waals surface area contributed by atoms with Gasteiger partial charge in [0.1, 0.15) is 17.3 Å². The highest BCUT2D eigenvalue weighted by atomic mass is 35.5. The molecule has 18 heavy (non-hydrogen) atoms. The SMILES string of the molecule is CC[C@@H](CC[S+](C)CCOCCOC)C(C)=O.[Cl-]. The first-order chi connectivity index (χ1) is 8.11. The summed E-state index contributed by atoms with van der Waals surface area (Å²) in [5.41, 5.74) is 0. The zero-order chi connectivity index (χ0) is 13.1. The van der Waals surface area contributed by atoms with Crippen LogP contribution in [-0.4, -0.2) is 50.5 Å². The Labute approximate surface area is 121 Å². The van der Waals surface area contributed by atoms with Crippen molar-refractivity contribution >= 4 is 16.7 Å². The molecule has 0 aromatic carbocycles. The van der Waals surface area contributed by atoms with E-state index in [1.54, 1.807) is 14.0 Å². The number of hydrogen-bond donors (Lipinski definition) is 0. The van der Waals surface area contributed by atoms with E-state index in [2.05, 4.69) is 13.2 Å². The third-order valence-corrected chi connectivity index (χ3v) is 4.69. The van der Waals surface area contributed by atoms with Gasteiger partial charge in [-0.1, -0.05) is 6.92 Å². The van der Waals surface area contributed by atoms with Gasteiger partial charge in [-0.2, -0.15) is 0 Å². The number of carbonyl (C=O) groups excluding carboxylic acids is 1. The largest absolute Gasteiger partial charge is 1.00 e. The molecule has 110 valence electrons. The second kappa shape index (κ2) is 13.7. The van der Waals surface area contributed by atoms with Crippen LogP contribution in [0.4, 0.5) is 0 Å². The summed E-state index contributed by atoms with van der Waals surface area (Å²) in [5.74, 6) is 2.84. The first-order valence-electron chi connectivity index (χ1n) is 6.28. The van der Waals surface area contributed by atoms with E-state index in [0.29, 0.717) is 29.9 Å². The minimum Gasteiger partial charge on any atom is -1.00 e. The quantitative estimate of drug-likeness (QED) is 0.359. The standard InChI is InChI=1S/C13H27O3S.ClH/c1-5-13(12(2)14)6-10-17(4)11-9-16-8-7-15-3;/h13H,5-11H2,1-4H3;1H/q+1;/p-1/t13-,17?;/m0./s1. The minimum absolute atomic E-state index is 0. The van der Waals surface area contributed by atoms with Gasteiger partial charge in [0, 0.05) is 19.4 Å². The highest BCUT2D eigenvalue weighted by Crippen LogP contribution is 2.11. The molecule has 0 fully saturated rings. The average Bonchev–Trinajstić information content (AvgIpc) is 2.29. The molecule has 0 aliphatic rings. The van der Waals surface area contributed by atoms with Crippen molar-refractivity contribution in [2.75, 3.05) is 44.7 Å². The number of methoxy groups -OCH3 is 1. The van der Waals surface area contributed by atoms with Crippen LogP contribution in [0.2, 0.25) is 0 Å². The van der Waals surface area contributed by atoms with Crippen LogP contribution in [-0.2, 0) is 25.2 Å². The van der Waals surface area contributed by atoms with E-state index in [1.165, 1.54) is 0 Å². The van der Waals surface area contributed by atoms with Crippen LogP contribution < -0.4 is 12.4 Å². The predicted octanol–water partition coefficient (Wildman–Crippen LogP) is -1.09. The molecular formula is C13H27ClO3S. The van der Waals surface area contributed by atoms with Crippen LogP contribution in [0, 0.1) is 5.92 Å². The number of rotatable bonds is 11. The lowest BCUT2D eigenvalue weighted by atomic mass is 10.00. The molecule has 0 aliphatic heterocycles. The van der Waals surface area contributed by atoms with Gasteiger partial charge in [-0.3, -0.25) is 4.79 Å². The molecular weight excluding hydrogens is 272 g/mol. The Morgan fingerprint density at radius 2 is 1.89 bits per heavy atom. The summed E-state index contributed by atoms with van der Waals surface area (Å²) >= 11 is 0. The van der Waals surface area contributed by atoms with Crippen molar-refractivity contribution in [2.24, 2.45) is 5.92 Å². The highest BCUT2D eigenvalue weighted by Gasteiger charge is 2.17. The van der Waals surface area contributed by atoms with Crippen molar-refractivity contribution < 1.29 is 26.7 Å². The van der Waals surface area contributed by atoms with Gasteiger partial charge in [-0.25, -0.2) is 0 Å². The van der Waals surface area contributed by atoms with E-state index in [-0.39, 0.29) is 18.3 Å². The van der Waals surface area contributed by atoms with Crippen LogP contribution >= 0.6 is 0 Å². The monoisotopic (exact) mass is 298 g/mol. The maximum Gasteiger partial charge on any atom is 0.133 e. The van der Waals surface area contributed by atoms with Crippen LogP contribution in [0.25, 0.3) is 0 Å². The number of carbonyl (C=O) groups is 1. The summed E-state index contributed by atoms with van der Waals surface area (Å²) in [4.78, 5) is 11.3. The summed E-state index contributed by atoms with van der Waals surface area (Å²) in [5, 5.41) is 0. The van der Waals surface area contributed by atoms with E-state index in [1.807, 2.05) is 0 Å². The Hall–Kier alpha value is 0.230. The van der Waals surface area contributed by atoms with Gasteiger partial charge in [-0.15, -0.1) is 0 Å². The van der Waals surface area contributed by atoms with Crippen molar-refractivity contribution in [1.29, 1.82) is 0 Å². The number of halogens is 1. The first-order valence-corrected chi connectivity index (χ1v) is 8.25. The number of Topliss-reactive ketones (excluding diaryl/α,β-unsaturated/α-hetero) is 1. The van der Waals surface area contributed by atoms with Gasteiger partial charge >= 0.3 is 0 Å². The fraction of sp³-hybridized carbons (Fsp3) is 0.923. The van der Waals surface area contributed by atoms with Crippen LogP contribution in [0.3, 0.4) is 0 Å². The second-order valence-corrected chi connectivity index (χ2v) is 6.68. The van der Waals surface area contributed by atoms with E-state index in [0.717, 1.165) is 31.0 Å². The summed E-state index contributed by atoms with van der Waals surface area (Å²) in [6, 6.07) is 0. The van der Waals surface area contributed by atoms with Gasteiger partial charge in [0.15, 0.2) is 0 Å². The average molecular weight is 299 g/mol. The lowest BCUT2D eigenvalue weighted by molar-refractivity contribution is -0.120. The van der Waals surface area contributed by atoms with Gasteiger partial charge in [-0.05, 0) is 24.2 Å². The predicted molar refractivity (Wildman–Crippen MR) is 74.8 cm³/mol. The Balaban J connectivity index is 0. The smallest absolute Gasteiger partial charge is 0.133 e. The Morgan fingerprint density at radius 1 is 1.22 bits per heavy atom. The normalized spacial score (nSPS) is 13.8. The molecule has 1 unspecified atom stereocenters. The van der Waals surface area contributed by atoms with Gasteiger partial charge in [0.2, 0.25) is 0 Å².